The van der Waals surface area contributed by atoms with E-state index in [0.717, 1.165) is 39.3 Å². The van der Waals surface area contributed by atoms with Crippen molar-refractivity contribution in [3.05, 3.63) is 65.5 Å². The number of benzene rings is 1. The van der Waals surface area contributed by atoms with E-state index in [9.17, 15) is 4.79 Å². The first-order chi connectivity index (χ1) is 13.7. The second-order valence-corrected chi connectivity index (χ2v) is 8.25. The van der Waals surface area contributed by atoms with E-state index in [0.29, 0.717) is 17.2 Å². The Morgan fingerprint density at radius 3 is 2.43 bits per heavy atom. The molecule has 0 aliphatic carbocycles. The van der Waals surface area contributed by atoms with Crippen LogP contribution in [-0.2, 0) is 5.41 Å². The van der Waals surface area contributed by atoms with Gasteiger partial charge in [0.25, 0.3) is 5.91 Å². The number of pyridine rings is 1. The van der Waals surface area contributed by atoms with Crippen molar-refractivity contribution in [3.8, 4) is 6.07 Å². The Kier molecular flexibility index (Phi) is 4.15. The summed E-state index contributed by atoms with van der Waals surface area (Å²) in [4.78, 5) is 22.2. The lowest BCUT2D eigenvalue weighted by Crippen LogP contribution is -2.70. The maximum Gasteiger partial charge on any atom is 0.253 e. The molecule has 4 aliphatic heterocycles. The lowest BCUT2D eigenvalue weighted by Gasteiger charge is -2.55. The largest absolute Gasteiger partial charge is 0.348 e. The molecule has 6 nitrogen and oxygen atoms in total. The predicted molar refractivity (Wildman–Crippen MR) is 105 cm³/mol. The van der Waals surface area contributed by atoms with Crippen molar-refractivity contribution in [1.29, 1.82) is 5.26 Å². The number of aromatic nitrogens is 1. The third-order valence-corrected chi connectivity index (χ3v) is 6.57. The molecule has 5 heterocycles. The summed E-state index contributed by atoms with van der Waals surface area (Å²) in [6.07, 6.45) is 1.50. The molecule has 6 heteroatoms. The van der Waals surface area contributed by atoms with Crippen molar-refractivity contribution in [2.75, 3.05) is 39.3 Å². The molecule has 6 rings (SSSR count). The van der Waals surface area contributed by atoms with Crippen LogP contribution in [0, 0.1) is 17.2 Å². The van der Waals surface area contributed by atoms with Gasteiger partial charge in [-0.1, -0.05) is 30.3 Å². The van der Waals surface area contributed by atoms with Gasteiger partial charge in [0.1, 0.15) is 11.8 Å². The van der Waals surface area contributed by atoms with Gasteiger partial charge < -0.3 is 15.1 Å². The zero-order valence-electron chi connectivity index (χ0n) is 15.7. The van der Waals surface area contributed by atoms with Gasteiger partial charge in [-0.15, -0.1) is 0 Å². The minimum Gasteiger partial charge on any atom is -0.348 e. The molecule has 2 aromatic rings. The highest BCUT2D eigenvalue weighted by atomic mass is 16.1. The monoisotopic (exact) mass is 373 g/mol. The summed E-state index contributed by atoms with van der Waals surface area (Å²) in [5.74, 6) is 0.300. The van der Waals surface area contributed by atoms with Gasteiger partial charge in [0, 0.05) is 62.8 Å². The van der Waals surface area contributed by atoms with Crippen molar-refractivity contribution in [2.45, 2.75) is 11.5 Å². The molecule has 1 amide bonds. The van der Waals surface area contributed by atoms with Crippen LogP contribution in [0.15, 0.2) is 48.7 Å². The molecule has 0 spiro atoms. The van der Waals surface area contributed by atoms with Gasteiger partial charge in [-0.25, -0.2) is 4.98 Å². The van der Waals surface area contributed by atoms with Crippen LogP contribution in [0.25, 0.3) is 0 Å². The number of carbonyl (C=O) groups is 1. The van der Waals surface area contributed by atoms with E-state index in [2.05, 4.69) is 50.4 Å². The van der Waals surface area contributed by atoms with Crippen LogP contribution in [0.2, 0.25) is 0 Å². The molecule has 142 valence electrons. The average Bonchev–Trinajstić information content (AvgIpc) is 2.99. The third-order valence-electron chi connectivity index (χ3n) is 6.57. The normalized spacial score (nSPS) is 33.1. The standard InChI is InChI=1S/C22H23N5O/c23-10-19-7-6-16(11-24-19)21(28)25-20-17-12-26-8-9-27(13-17)15-22(20,14-26)18-4-2-1-3-5-18/h1-7,11,17,20H,8-9,12-15H2,(H,25,28)/t17?,20-,22?/m0/s1. The maximum absolute atomic E-state index is 13.0. The van der Waals surface area contributed by atoms with Crippen LogP contribution < -0.4 is 5.32 Å². The highest BCUT2D eigenvalue weighted by molar-refractivity contribution is 5.94. The van der Waals surface area contributed by atoms with Crippen LogP contribution in [-0.4, -0.2) is 66.0 Å². The minimum atomic E-state index is -0.103. The van der Waals surface area contributed by atoms with Crippen LogP contribution in [0.3, 0.4) is 0 Å². The van der Waals surface area contributed by atoms with Gasteiger partial charge in [-0.3, -0.25) is 4.79 Å². The number of piperidine rings is 2. The highest BCUT2D eigenvalue weighted by Gasteiger charge is 2.55. The van der Waals surface area contributed by atoms with Gasteiger partial charge in [0.2, 0.25) is 0 Å². The topological polar surface area (TPSA) is 72.3 Å². The van der Waals surface area contributed by atoms with Crippen molar-refractivity contribution >= 4 is 5.91 Å². The number of carbonyl (C=O) groups excluding carboxylic acids is 1. The highest BCUT2D eigenvalue weighted by Crippen LogP contribution is 2.43. The number of rotatable bonds is 3. The Morgan fingerprint density at radius 1 is 1.11 bits per heavy atom. The van der Waals surface area contributed by atoms with Gasteiger partial charge in [-0.05, 0) is 17.7 Å². The summed E-state index contributed by atoms with van der Waals surface area (Å²) in [5, 5.41) is 12.3. The summed E-state index contributed by atoms with van der Waals surface area (Å²) < 4.78 is 0. The van der Waals surface area contributed by atoms with Crippen molar-refractivity contribution in [3.63, 3.8) is 0 Å². The third kappa shape index (κ3) is 2.79. The Morgan fingerprint density at radius 2 is 1.82 bits per heavy atom. The van der Waals surface area contributed by atoms with Crippen molar-refractivity contribution in [2.24, 2.45) is 5.92 Å². The summed E-state index contributed by atoms with van der Waals surface area (Å²) in [5.41, 5.74) is 2.03. The lowest BCUT2D eigenvalue weighted by atomic mass is 9.64. The lowest BCUT2D eigenvalue weighted by molar-refractivity contribution is 0.0180. The van der Waals surface area contributed by atoms with Gasteiger partial charge in [0.15, 0.2) is 0 Å². The molecular weight excluding hydrogens is 350 g/mol. The molecule has 0 radical (unpaired) electrons. The second-order valence-electron chi connectivity index (χ2n) is 8.25. The van der Waals surface area contributed by atoms with Crippen LogP contribution >= 0.6 is 0 Å². The first-order valence-corrected chi connectivity index (χ1v) is 9.85. The van der Waals surface area contributed by atoms with E-state index in [4.69, 9.17) is 5.26 Å². The molecule has 4 fully saturated rings. The zero-order valence-corrected chi connectivity index (χ0v) is 15.7. The van der Waals surface area contributed by atoms with E-state index in [-0.39, 0.29) is 17.4 Å². The molecule has 3 atom stereocenters. The first-order valence-electron chi connectivity index (χ1n) is 9.85. The molecule has 2 unspecified atom stereocenters. The Balaban J connectivity index is 1.50. The number of hydrogen-bond acceptors (Lipinski definition) is 5. The summed E-state index contributed by atoms with van der Waals surface area (Å²) >= 11 is 0. The van der Waals surface area contributed by atoms with E-state index in [1.165, 1.54) is 11.8 Å². The maximum atomic E-state index is 13.0. The zero-order chi connectivity index (χ0) is 19.1. The number of hydrogen-bond donors (Lipinski definition) is 1. The van der Waals surface area contributed by atoms with Crippen LogP contribution in [0.4, 0.5) is 0 Å². The van der Waals surface area contributed by atoms with Gasteiger partial charge >= 0.3 is 0 Å². The number of amides is 1. The fourth-order valence-corrected chi connectivity index (χ4v) is 5.39. The molecule has 4 aliphatic rings. The molecule has 0 saturated carbocycles. The molecule has 4 bridgehead atoms. The fourth-order valence-electron chi connectivity index (χ4n) is 5.39. The summed E-state index contributed by atoms with van der Waals surface area (Å²) in [7, 11) is 0. The molecular formula is C22H23N5O. The molecule has 1 N–H and O–H groups in total. The average molecular weight is 373 g/mol. The second kappa shape index (κ2) is 6.69. The molecule has 28 heavy (non-hydrogen) atoms. The van der Waals surface area contributed by atoms with E-state index >= 15 is 0 Å². The fraction of sp³-hybridized carbons (Fsp3) is 0.409. The predicted octanol–water partition coefficient (Wildman–Crippen LogP) is 1.25. The number of nitrogens with one attached hydrogen (secondary N) is 1. The molecule has 1 aromatic carbocycles. The van der Waals surface area contributed by atoms with E-state index < -0.39 is 0 Å². The smallest absolute Gasteiger partial charge is 0.253 e. The Bertz CT molecular complexity index is 904. The number of fused-ring (bicyclic) bond motifs is 1. The quantitative estimate of drug-likeness (QED) is 0.877. The van der Waals surface area contributed by atoms with Crippen molar-refractivity contribution < 1.29 is 4.79 Å². The van der Waals surface area contributed by atoms with Gasteiger partial charge in [-0.2, -0.15) is 5.26 Å². The summed E-state index contributed by atoms with van der Waals surface area (Å²) in [6.45, 7) is 6.21. The first kappa shape index (κ1) is 17.4. The minimum absolute atomic E-state index is 0.0867. The molecule has 1 aromatic heterocycles. The molecule has 4 saturated heterocycles. The van der Waals surface area contributed by atoms with E-state index in [1.54, 1.807) is 12.1 Å². The van der Waals surface area contributed by atoms with Crippen LogP contribution in [0.5, 0.6) is 0 Å². The van der Waals surface area contributed by atoms with E-state index in [1.807, 2.05) is 6.07 Å². The summed E-state index contributed by atoms with van der Waals surface area (Å²) in [6, 6.07) is 16.0. The van der Waals surface area contributed by atoms with Crippen LogP contribution in [0.1, 0.15) is 21.6 Å². The Labute approximate surface area is 164 Å². The number of nitriles is 1. The van der Waals surface area contributed by atoms with Gasteiger partial charge in [0.05, 0.1) is 5.56 Å². The SMILES string of the molecule is N#Cc1ccc(C(=O)N[C@H]2C3CN4CCN(C3)CC2(c2ccccc2)C4)cn1. The Hall–Kier alpha value is -2.75. The van der Waals surface area contributed by atoms with Crippen molar-refractivity contribution in [1.82, 2.24) is 20.1 Å². The number of nitrogens with zero attached hydrogens (tertiary/aromatic N) is 4.